The van der Waals surface area contributed by atoms with Crippen LogP contribution in [0.5, 0.6) is 5.75 Å². The van der Waals surface area contributed by atoms with Gasteiger partial charge in [-0.3, -0.25) is 4.79 Å². The number of ether oxygens (including phenoxy) is 2. The van der Waals surface area contributed by atoms with Crippen LogP contribution in [-0.2, 0) is 16.0 Å². The van der Waals surface area contributed by atoms with Crippen molar-refractivity contribution in [2.75, 3.05) is 6.61 Å². The van der Waals surface area contributed by atoms with Crippen molar-refractivity contribution in [3.05, 3.63) is 89.5 Å². The number of fused-ring (bicyclic) bond motifs is 3. The summed E-state index contributed by atoms with van der Waals surface area (Å²) in [5.41, 5.74) is 5.31. The molecule has 6 heteroatoms. The van der Waals surface area contributed by atoms with Gasteiger partial charge in [-0.15, -0.1) is 0 Å². The average Bonchev–Trinajstić information content (AvgIpc) is 3.15. The van der Waals surface area contributed by atoms with Crippen LogP contribution in [0.1, 0.15) is 56.2 Å². The number of amides is 1. The van der Waals surface area contributed by atoms with Gasteiger partial charge in [0.05, 0.1) is 0 Å². The van der Waals surface area contributed by atoms with Crippen molar-refractivity contribution in [1.29, 1.82) is 0 Å². The van der Waals surface area contributed by atoms with E-state index in [1.54, 1.807) is 0 Å². The lowest BCUT2D eigenvalue weighted by atomic mass is 9.98. The molecule has 0 saturated carbocycles. The number of hydrogen-bond donors (Lipinski definition) is 2. The van der Waals surface area contributed by atoms with Crippen LogP contribution in [0, 0.1) is 0 Å². The lowest BCUT2D eigenvalue weighted by molar-refractivity contribution is -0.137. The number of carboxylic acids is 1. The molecule has 1 atom stereocenters. The quantitative estimate of drug-likeness (QED) is 0.377. The van der Waals surface area contributed by atoms with Crippen molar-refractivity contribution in [2.24, 2.45) is 0 Å². The van der Waals surface area contributed by atoms with Gasteiger partial charge in [-0.1, -0.05) is 60.7 Å². The zero-order valence-corrected chi connectivity index (χ0v) is 21.0. The summed E-state index contributed by atoms with van der Waals surface area (Å²) < 4.78 is 11.5. The highest BCUT2D eigenvalue weighted by atomic mass is 16.5. The smallest absolute Gasteiger partial charge is 0.407 e. The van der Waals surface area contributed by atoms with Crippen molar-refractivity contribution in [2.45, 2.75) is 57.6 Å². The minimum Gasteiger partial charge on any atom is -0.488 e. The molecule has 1 unspecified atom stereocenters. The Morgan fingerprint density at radius 3 is 2.06 bits per heavy atom. The lowest BCUT2D eigenvalue weighted by Crippen LogP contribution is -2.37. The Kier molecular flexibility index (Phi) is 7.63. The van der Waals surface area contributed by atoms with Crippen LogP contribution in [0.15, 0.2) is 72.8 Å². The molecule has 0 aliphatic heterocycles. The van der Waals surface area contributed by atoms with Gasteiger partial charge in [0.2, 0.25) is 0 Å². The Morgan fingerprint density at radius 2 is 1.50 bits per heavy atom. The zero-order valence-electron chi connectivity index (χ0n) is 21.0. The summed E-state index contributed by atoms with van der Waals surface area (Å²) in [6.07, 6.45) is 0.215. The van der Waals surface area contributed by atoms with Crippen molar-refractivity contribution < 1.29 is 24.2 Å². The van der Waals surface area contributed by atoms with Crippen molar-refractivity contribution in [3.63, 3.8) is 0 Å². The van der Waals surface area contributed by atoms with Gasteiger partial charge in [0.25, 0.3) is 0 Å². The molecule has 3 aromatic rings. The standard InChI is InChI=1S/C30H33NO5/c1-30(2,3)36-22-15-12-20(13-16-22)18-21(14-17-28(32)33)31-29(34)35-19-27-25-10-6-4-8-23(25)24-9-5-7-11-26(24)27/h4-13,15-16,21,27H,14,17-19H2,1-3H3,(H,31,34)(H,32,33). The summed E-state index contributed by atoms with van der Waals surface area (Å²) in [6, 6.07) is 23.6. The summed E-state index contributed by atoms with van der Waals surface area (Å²) in [4.78, 5) is 24.0. The first-order chi connectivity index (χ1) is 17.2. The maximum absolute atomic E-state index is 12.8. The second-order valence-electron chi connectivity index (χ2n) is 10.2. The van der Waals surface area contributed by atoms with Crippen LogP contribution in [0.3, 0.4) is 0 Å². The van der Waals surface area contributed by atoms with Gasteiger partial charge >= 0.3 is 12.1 Å². The third-order valence-electron chi connectivity index (χ3n) is 6.20. The van der Waals surface area contributed by atoms with Gasteiger partial charge < -0.3 is 19.9 Å². The molecule has 0 aromatic heterocycles. The molecule has 6 nitrogen and oxygen atoms in total. The van der Waals surface area contributed by atoms with Gasteiger partial charge in [0, 0.05) is 18.4 Å². The molecule has 0 fully saturated rings. The minimum absolute atomic E-state index is 0.0315. The van der Waals surface area contributed by atoms with Crippen LogP contribution in [0.2, 0.25) is 0 Å². The Bertz CT molecular complexity index is 1170. The van der Waals surface area contributed by atoms with Crippen LogP contribution >= 0.6 is 0 Å². The normalized spacial score (nSPS) is 13.4. The minimum atomic E-state index is -0.900. The number of carbonyl (C=O) groups excluding carboxylic acids is 1. The summed E-state index contributed by atoms with van der Waals surface area (Å²) in [5, 5.41) is 12.1. The van der Waals surface area contributed by atoms with E-state index >= 15 is 0 Å². The van der Waals surface area contributed by atoms with Gasteiger partial charge in [0.15, 0.2) is 0 Å². The van der Waals surface area contributed by atoms with Crippen molar-refractivity contribution in [1.82, 2.24) is 5.32 Å². The molecule has 188 valence electrons. The molecule has 0 radical (unpaired) electrons. The first-order valence-electron chi connectivity index (χ1n) is 12.3. The molecule has 4 rings (SSSR count). The summed E-state index contributed by atoms with van der Waals surface area (Å²) in [6.45, 7) is 6.17. The highest BCUT2D eigenvalue weighted by Crippen LogP contribution is 2.44. The molecule has 1 amide bonds. The first-order valence-corrected chi connectivity index (χ1v) is 12.3. The number of nitrogens with one attached hydrogen (secondary N) is 1. The predicted molar refractivity (Wildman–Crippen MR) is 139 cm³/mol. The fourth-order valence-corrected chi connectivity index (χ4v) is 4.66. The maximum Gasteiger partial charge on any atom is 0.407 e. The Balaban J connectivity index is 1.39. The van der Waals surface area contributed by atoms with E-state index in [1.165, 1.54) is 11.1 Å². The molecule has 36 heavy (non-hydrogen) atoms. The van der Waals surface area contributed by atoms with E-state index in [9.17, 15) is 14.7 Å². The topological polar surface area (TPSA) is 84.9 Å². The van der Waals surface area contributed by atoms with E-state index in [0.717, 1.165) is 22.4 Å². The zero-order chi connectivity index (χ0) is 25.7. The van der Waals surface area contributed by atoms with E-state index in [1.807, 2.05) is 69.3 Å². The number of hydrogen-bond acceptors (Lipinski definition) is 4. The lowest BCUT2D eigenvalue weighted by Gasteiger charge is -2.22. The van der Waals surface area contributed by atoms with Crippen molar-refractivity contribution >= 4 is 12.1 Å². The summed E-state index contributed by atoms with van der Waals surface area (Å²) >= 11 is 0. The molecule has 3 aromatic carbocycles. The number of alkyl carbamates (subject to hydrolysis) is 1. The third kappa shape index (κ3) is 6.45. The van der Waals surface area contributed by atoms with Gasteiger partial charge in [-0.25, -0.2) is 4.79 Å². The first kappa shape index (κ1) is 25.3. The van der Waals surface area contributed by atoms with E-state index in [0.29, 0.717) is 12.8 Å². The molecule has 0 spiro atoms. The van der Waals surface area contributed by atoms with Gasteiger partial charge in [-0.05, 0) is 73.6 Å². The van der Waals surface area contributed by atoms with Crippen LogP contribution < -0.4 is 10.1 Å². The number of aliphatic carboxylic acids is 1. The molecule has 2 N–H and O–H groups in total. The molecule has 0 saturated heterocycles. The second kappa shape index (κ2) is 10.9. The predicted octanol–water partition coefficient (Wildman–Crippen LogP) is 6.18. The van der Waals surface area contributed by atoms with Crippen LogP contribution in [0.25, 0.3) is 11.1 Å². The van der Waals surface area contributed by atoms with E-state index in [4.69, 9.17) is 9.47 Å². The third-order valence-corrected chi connectivity index (χ3v) is 6.20. The van der Waals surface area contributed by atoms with E-state index in [-0.39, 0.29) is 30.6 Å². The highest BCUT2D eigenvalue weighted by molar-refractivity contribution is 5.79. The fourth-order valence-electron chi connectivity index (χ4n) is 4.66. The average molecular weight is 488 g/mol. The number of rotatable bonds is 9. The molecule has 0 bridgehead atoms. The SMILES string of the molecule is CC(C)(C)Oc1ccc(CC(CCC(=O)O)NC(=O)OCC2c3ccccc3-c3ccccc32)cc1. The van der Waals surface area contributed by atoms with E-state index < -0.39 is 12.1 Å². The largest absolute Gasteiger partial charge is 0.488 e. The number of carbonyl (C=O) groups is 2. The molecular formula is C30H33NO5. The van der Waals surface area contributed by atoms with Crippen molar-refractivity contribution in [3.8, 4) is 16.9 Å². The molecule has 1 aliphatic rings. The second-order valence-corrected chi connectivity index (χ2v) is 10.2. The molecule has 0 heterocycles. The van der Waals surface area contributed by atoms with Crippen LogP contribution in [0.4, 0.5) is 4.79 Å². The Labute approximate surface area is 212 Å². The summed E-state index contributed by atoms with van der Waals surface area (Å²) in [7, 11) is 0. The molecule has 1 aliphatic carbocycles. The molecular weight excluding hydrogens is 454 g/mol. The van der Waals surface area contributed by atoms with Crippen LogP contribution in [-0.4, -0.2) is 35.4 Å². The summed E-state index contributed by atoms with van der Waals surface area (Å²) in [5.74, 6) is -0.169. The van der Waals surface area contributed by atoms with E-state index in [2.05, 4.69) is 29.6 Å². The number of carboxylic acid groups (broad SMARTS) is 1. The fraction of sp³-hybridized carbons (Fsp3) is 0.333. The maximum atomic E-state index is 12.8. The number of benzene rings is 3. The monoisotopic (exact) mass is 487 g/mol. The Morgan fingerprint density at radius 1 is 0.917 bits per heavy atom. The Hall–Kier alpha value is -3.80. The van der Waals surface area contributed by atoms with Gasteiger partial charge in [0.1, 0.15) is 18.0 Å². The highest BCUT2D eigenvalue weighted by Gasteiger charge is 2.29. The van der Waals surface area contributed by atoms with Gasteiger partial charge in [-0.2, -0.15) is 0 Å².